The molecular weight excluding hydrogens is 297 g/mol. The van der Waals surface area contributed by atoms with Crippen LogP contribution >= 0.6 is 0 Å². The van der Waals surface area contributed by atoms with Gasteiger partial charge in [0.05, 0.1) is 12.8 Å². The number of hydrogen-bond donors (Lipinski definition) is 2. The number of nitrogens with one attached hydrogen (secondary N) is 2. The summed E-state index contributed by atoms with van der Waals surface area (Å²) < 4.78 is 18.1. The van der Waals surface area contributed by atoms with Crippen LogP contribution in [0.15, 0.2) is 59.4 Å². The van der Waals surface area contributed by atoms with Crippen LogP contribution in [0.1, 0.15) is 0 Å². The third kappa shape index (κ3) is 3.55. The zero-order valence-electron chi connectivity index (χ0n) is 12.3. The summed E-state index contributed by atoms with van der Waals surface area (Å²) in [5.41, 5.74) is 1.61. The van der Waals surface area contributed by atoms with Crippen molar-refractivity contribution in [2.24, 2.45) is 0 Å². The quantitative estimate of drug-likeness (QED) is 0.775. The Bertz CT molecular complexity index is 876. The van der Waals surface area contributed by atoms with E-state index in [4.69, 9.17) is 4.74 Å². The fourth-order valence-electron chi connectivity index (χ4n) is 2.12. The number of rotatable bonds is 4. The molecule has 0 atom stereocenters. The molecule has 6 heteroatoms. The predicted octanol–water partition coefficient (Wildman–Crippen LogP) is 3.33. The van der Waals surface area contributed by atoms with Crippen molar-refractivity contribution in [2.45, 2.75) is 0 Å². The van der Waals surface area contributed by atoms with Crippen molar-refractivity contribution in [2.75, 3.05) is 12.4 Å². The number of anilines is 2. The van der Waals surface area contributed by atoms with Crippen LogP contribution in [0.5, 0.6) is 5.75 Å². The van der Waals surface area contributed by atoms with E-state index < -0.39 is 0 Å². The highest BCUT2D eigenvalue weighted by atomic mass is 19.1. The first-order valence-corrected chi connectivity index (χ1v) is 6.92. The number of nitrogens with zero attached hydrogens (tertiary/aromatic N) is 1. The van der Waals surface area contributed by atoms with Crippen molar-refractivity contribution in [3.05, 3.63) is 70.8 Å². The second kappa shape index (κ2) is 6.31. The molecule has 0 unspecified atom stereocenters. The van der Waals surface area contributed by atoms with Crippen molar-refractivity contribution < 1.29 is 9.13 Å². The molecular formula is C17H14FN3O2. The monoisotopic (exact) mass is 311 g/mol. The fraction of sp³-hybridized carbons (Fsp3) is 0.0588. The number of aromatic amines is 1. The second-order valence-corrected chi connectivity index (χ2v) is 4.84. The van der Waals surface area contributed by atoms with Gasteiger partial charge in [-0.3, -0.25) is 9.78 Å². The Morgan fingerprint density at radius 3 is 2.65 bits per heavy atom. The van der Waals surface area contributed by atoms with E-state index in [-0.39, 0.29) is 17.3 Å². The SMILES string of the molecule is COc1cccc(-c2cc(=O)[nH]c(Nc3ccc(F)cc3)n2)c1. The van der Waals surface area contributed by atoms with Crippen LogP contribution in [0.25, 0.3) is 11.3 Å². The average molecular weight is 311 g/mol. The first kappa shape index (κ1) is 14.8. The molecule has 1 heterocycles. The van der Waals surface area contributed by atoms with Gasteiger partial charge in [0.1, 0.15) is 11.6 Å². The molecule has 0 aliphatic heterocycles. The zero-order valence-corrected chi connectivity index (χ0v) is 12.3. The highest BCUT2D eigenvalue weighted by molar-refractivity contribution is 5.63. The highest BCUT2D eigenvalue weighted by Crippen LogP contribution is 2.22. The third-order valence-electron chi connectivity index (χ3n) is 3.21. The van der Waals surface area contributed by atoms with Gasteiger partial charge in [0, 0.05) is 17.3 Å². The van der Waals surface area contributed by atoms with Gasteiger partial charge in [-0.2, -0.15) is 0 Å². The lowest BCUT2D eigenvalue weighted by Gasteiger charge is -2.08. The third-order valence-corrected chi connectivity index (χ3v) is 3.21. The molecule has 0 amide bonds. The Labute approximate surface area is 131 Å². The summed E-state index contributed by atoms with van der Waals surface area (Å²) in [6, 6.07) is 14.5. The molecule has 2 aromatic carbocycles. The maximum Gasteiger partial charge on any atom is 0.252 e. The van der Waals surface area contributed by atoms with Gasteiger partial charge in [-0.25, -0.2) is 9.37 Å². The molecule has 0 aliphatic rings. The Hall–Kier alpha value is -3.15. The number of halogens is 1. The maximum absolute atomic E-state index is 12.9. The summed E-state index contributed by atoms with van der Waals surface area (Å²) in [5, 5.41) is 2.95. The molecule has 1 aromatic heterocycles. The zero-order chi connectivity index (χ0) is 16.2. The van der Waals surface area contributed by atoms with Gasteiger partial charge in [0.15, 0.2) is 0 Å². The smallest absolute Gasteiger partial charge is 0.252 e. The van der Waals surface area contributed by atoms with E-state index in [1.54, 1.807) is 25.3 Å². The molecule has 116 valence electrons. The second-order valence-electron chi connectivity index (χ2n) is 4.84. The molecule has 3 aromatic rings. The molecule has 0 saturated carbocycles. The summed E-state index contributed by atoms with van der Waals surface area (Å²) in [4.78, 5) is 18.8. The number of H-pyrrole nitrogens is 1. The Balaban J connectivity index is 1.95. The lowest BCUT2D eigenvalue weighted by Crippen LogP contribution is -2.10. The van der Waals surface area contributed by atoms with Crippen LogP contribution in [0, 0.1) is 5.82 Å². The van der Waals surface area contributed by atoms with E-state index >= 15 is 0 Å². The van der Waals surface area contributed by atoms with Crippen molar-refractivity contribution in [1.82, 2.24) is 9.97 Å². The molecule has 0 saturated heterocycles. The standard InChI is InChI=1S/C17H14FN3O2/c1-23-14-4-2-3-11(9-14)15-10-16(22)21-17(20-15)19-13-7-5-12(18)6-8-13/h2-10H,1H3,(H2,19,20,21,22). The topological polar surface area (TPSA) is 67.0 Å². The van der Waals surface area contributed by atoms with Gasteiger partial charge in [-0.15, -0.1) is 0 Å². The predicted molar refractivity (Wildman–Crippen MR) is 86.5 cm³/mol. The van der Waals surface area contributed by atoms with Crippen LogP contribution in [0.4, 0.5) is 16.0 Å². The number of hydrogen-bond acceptors (Lipinski definition) is 4. The minimum absolute atomic E-state index is 0.280. The minimum Gasteiger partial charge on any atom is -0.497 e. The maximum atomic E-state index is 12.9. The molecule has 0 spiro atoms. The van der Waals surface area contributed by atoms with Crippen molar-refractivity contribution in [1.29, 1.82) is 0 Å². The van der Waals surface area contributed by atoms with E-state index in [0.717, 1.165) is 5.56 Å². The summed E-state index contributed by atoms with van der Waals surface area (Å²) in [6.45, 7) is 0. The number of benzene rings is 2. The number of methoxy groups -OCH3 is 1. The fourth-order valence-corrected chi connectivity index (χ4v) is 2.12. The summed E-state index contributed by atoms with van der Waals surface area (Å²) in [5.74, 6) is 0.627. The van der Waals surface area contributed by atoms with Crippen molar-refractivity contribution in [3.8, 4) is 17.0 Å². The number of aromatic nitrogens is 2. The first-order chi connectivity index (χ1) is 11.1. The normalized spacial score (nSPS) is 10.3. The molecule has 0 aliphatic carbocycles. The van der Waals surface area contributed by atoms with E-state index in [0.29, 0.717) is 17.1 Å². The molecule has 5 nitrogen and oxygen atoms in total. The Morgan fingerprint density at radius 1 is 1.13 bits per heavy atom. The van der Waals surface area contributed by atoms with Crippen molar-refractivity contribution in [3.63, 3.8) is 0 Å². The van der Waals surface area contributed by atoms with Crippen LogP contribution in [0.2, 0.25) is 0 Å². The van der Waals surface area contributed by atoms with E-state index in [1.165, 1.54) is 18.2 Å². The average Bonchev–Trinajstić information content (AvgIpc) is 2.56. The number of ether oxygens (including phenoxy) is 1. The van der Waals surface area contributed by atoms with Gasteiger partial charge in [0.2, 0.25) is 5.95 Å². The highest BCUT2D eigenvalue weighted by Gasteiger charge is 2.06. The first-order valence-electron chi connectivity index (χ1n) is 6.92. The molecule has 0 bridgehead atoms. The minimum atomic E-state index is -0.331. The van der Waals surface area contributed by atoms with Gasteiger partial charge < -0.3 is 10.1 Å². The van der Waals surface area contributed by atoms with E-state index in [2.05, 4.69) is 15.3 Å². The molecule has 23 heavy (non-hydrogen) atoms. The van der Waals surface area contributed by atoms with Crippen LogP contribution in [0.3, 0.4) is 0 Å². The molecule has 0 fully saturated rings. The summed E-state index contributed by atoms with van der Waals surface area (Å²) >= 11 is 0. The molecule has 0 radical (unpaired) electrons. The van der Waals surface area contributed by atoms with Crippen LogP contribution in [-0.4, -0.2) is 17.1 Å². The van der Waals surface area contributed by atoms with Gasteiger partial charge in [-0.05, 0) is 36.4 Å². The largest absolute Gasteiger partial charge is 0.497 e. The van der Waals surface area contributed by atoms with Gasteiger partial charge in [0.25, 0.3) is 5.56 Å². The summed E-state index contributed by atoms with van der Waals surface area (Å²) in [7, 11) is 1.58. The van der Waals surface area contributed by atoms with Crippen LogP contribution in [-0.2, 0) is 0 Å². The lowest BCUT2D eigenvalue weighted by molar-refractivity contribution is 0.415. The Morgan fingerprint density at radius 2 is 1.91 bits per heavy atom. The van der Waals surface area contributed by atoms with Crippen LogP contribution < -0.4 is 15.6 Å². The Kier molecular flexibility index (Phi) is 4.05. The van der Waals surface area contributed by atoms with E-state index in [1.807, 2.05) is 18.2 Å². The van der Waals surface area contributed by atoms with Gasteiger partial charge in [-0.1, -0.05) is 12.1 Å². The molecule has 2 N–H and O–H groups in total. The molecule has 3 rings (SSSR count). The van der Waals surface area contributed by atoms with E-state index in [9.17, 15) is 9.18 Å². The lowest BCUT2D eigenvalue weighted by atomic mass is 10.1. The van der Waals surface area contributed by atoms with Crippen molar-refractivity contribution >= 4 is 11.6 Å². The van der Waals surface area contributed by atoms with Gasteiger partial charge >= 0.3 is 0 Å². The summed E-state index contributed by atoms with van der Waals surface area (Å²) in [6.07, 6.45) is 0.